The summed E-state index contributed by atoms with van der Waals surface area (Å²) in [7, 11) is 9.30. The Labute approximate surface area is 176 Å². The number of hydrogen-bond donors (Lipinski definition) is 1. The average Bonchev–Trinajstić information content (AvgIpc) is 2.78. The Hall–Kier alpha value is -2.58. The Morgan fingerprint density at radius 2 is 1.57 bits per heavy atom. The van der Waals surface area contributed by atoms with Crippen molar-refractivity contribution in [3.63, 3.8) is 0 Å². The molecular formula is C23H28O7. The number of methoxy groups -OCH3 is 6. The summed E-state index contributed by atoms with van der Waals surface area (Å²) in [6, 6.07) is 9.17. The lowest BCUT2D eigenvalue weighted by atomic mass is 9.66. The zero-order valence-corrected chi connectivity index (χ0v) is 18.1. The van der Waals surface area contributed by atoms with Crippen LogP contribution in [0.1, 0.15) is 22.3 Å². The van der Waals surface area contributed by atoms with Gasteiger partial charge in [-0.05, 0) is 23.8 Å². The third-order valence-electron chi connectivity index (χ3n) is 5.52. The average molecular weight is 416 g/mol. The van der Waals surface area contributed by atoms with Crippen LogP contribution in [-0.2, 0) is 32.2 Å². The van der Waals surface area contributed by atoms with E-state index < -0.39 is 11.4 Å². The fourth-order valence-electron chi connectivity index (χ4n) is 4.14. The molecule has 7 heteroatoms. The summed E-state index contributed by atoms with van der Waals surface area (Å²) in [6.45, 7) is 0.359. The van der Waals surface area contributed by atoms with Crippen molar-refractivity contribution in [3.8, 4) is 17.2 Å². The van der Waals surface area contributed by atoms with E-state index in [1.807, 2.05) is 24.3 Å². The van der Waals surface area contributed by atoms with E-state index in [2.05, 4.69) is 0 Å². The zero-order valence-electron chi connectivity index (χ0n) is 18.1. The molecule has 0 saturated heterocycles. The van der Waals surface area contributed by atoms with E-state index in [0.717, 1.165) is 11.1 Å². The summed E-state index contributed by atoms with van der Waals surface area (Å²) in [5, 5.41) is 11.7. The third-order valence-corrected chi connectivity index (χ3v) is 5.52. The molecule has 1 aliphatic rings. The summed E-state index contributed by atoms with van der Waals surface area (Å²) >= 11 is 0. The molecule has 0 amide bonds. The van der Waals surface area contributed by atoms with E-state index in [1.54, 1.807) is 46.7 Å². The maximum absolute atomic E-state index is 11.7. The van der Waals surface area contributed by atoms with Crippen LogP contribution in [0.3, 0.4) is 0 Å². The first-order chi connectivity index (χ1) is 14.5. The number of hydrogen-bond acceptors (Lipinski definition) is 7. The first kappa shape index (κ1) is 22.1. The summed E-state index contributed by atoms with van der Waals surface area (Å²) in [4.78, 5) is 0. The van der Waals surface area contributed by atoms with Gasteiger partial charge in [0.2, 0.25) is 5.79 Å². The van der Waals surface area contributed by atoms with E-state index >= 15 is 0 Å². The number of fused-ring (bicyclic) bond motifs is 1. The Morgan fingerprint density at radius 1 is 0.867 bits per heavy atom. The SMILES string of the molecule is COCc1ccc(OC)c(OC)c1/C=C/C1(O)c2c(OC)cccc2C1(OC)OC. The van der Waals surface area contributed by atoms with Gasteiger partial charge in [0.05, 0.1) is 27.9 Å². The van der Waals surface area contributed by atoms with Crippen molar-refractivity contribution in [1.29, 1.82) is 0 Å². The molecule has 2 aromatic carbocycles. The van der Waals surface area contributed by atoms with E-state index in [4.69, 9.17) is 28.4 Å². The molecule has 0 bridgehead atoms. The minimum atomic E-state index is -1.60. The summed E-state index contributed by atoms with van der Waals surface area (Å²) in [5.74, 6) is 0.271. The van der Waals surface area contributed by atoms with Gasteiger partial charge in [-0.3, -0.25) is 0 Å². The van der Waals surface area contributed by atoms with Crippen molar-refractivity contribution in [2.75, 3.05) is 42.7 Å². The van der Waals surface area contributed by atoms with Gasteiger partial charge in [0, 0.05) is 38.0 Å². The molecule has 0 fully saturated rings. The molecule has 0 spiro atoms. The van der Waals surface area contributed by atoms with Crippen LogP contribution in [0.25, 0.3) is 6.08 Å². The van der Waals surface area contributed by atoms with Crippen molar-refractivity contribution in [2.24, 2.45) is 0 Å². The molecule has 162 valence electrons. The molecule has 1 N–H and O–H groups in total. The Morgan fingerprint density at radius 3 is 2.13 bits per heavy atom. The van der Waals surface area contributed by atoms with E-state index in [-0.39, 0.29) is 0 Å². The standard InChI is InChI=1S/C23H28O7/c1-25-14-15-10-11-19(27-3)21(28-4)16(15)12-13-22(24)20-17(23(22,29-5)30-6)8-7-9-18(20)26-2/h7-13,24H,14H2,1-6H3/b13-12+. The number of aliphatic hydroxyl groups is 1. The van der Waals surface area contributed by atoms with Crippen LogP contribution in [-0.4, -0.2) is 47.8 Å². The smallest absolute Gasteiger partial charge is 0.233 e. The highest BCUT2D eigenvalue weighted by Gasteiger charge is 2.65. The summed E-state index contributed by atoms with van der Waals surface area (Å²) in [6.07, 6.45) is 3.39. The van der Waals surface area contributed by atoms with Gasteiger partial charge in [-0.15, -0.1) is 0 Å². The molecule has 1 atom stereocenters. The lowest BCUT2D eigenvalue weighted by Gasteiger charge is -2.53. The minimum absolute atomic E-state index is 0.359. The number of ether oxygens (including phenoxy) is 6. The topological polar surface area (TPSA) is 75.6 Å². The number of benzene rings is 2. The second kappa shape index (κ2) is 8.65. The van der Waals surface area contributed by atoms with Crippen LogP contribution in [0.2, 0.25) is 0 Å². The molecule has 0 aliphatic heterocycles. The van der Waals surface area contributed by atoms with Crippen LogP contribution >= 0.6 is 0 Å². The highest BCUT2D eigenvalue weighted by Crippen LogP contribution is 2.59. The van der Waals surface area contributed by atoms with Crippen LogP contribution < -0.4 is 14.2 Å². The van der Waals surface area contributed by atoms with Gasteiger partial charge in [0.15, 0.2) is 17.1 Å². The van der Waals surface area contributed by atoms with Crippen molar-refractivity contribution in [3.05, 3.63) is 58.7 Å². The molecule has 7 nitrogen and oxygen atoms in total. The van der Waals surface area contributed by atoms with Gasteiger partial charge in [0.1, 0.15) is 5.75 Å². The summed E-state index contributed by atoms with van der Waals surface area (Å²) in [5.41, 5.74) is 1.28. The predicted octanol–water partition coefficient (Wildman–Crippen LogP) is 3.22. The van der Waals surface area contributed by atoms with Gasteiger partial charge in [-0.25, -0.2) is 0 Å². The van der Waals surface area contributed by atoms with Gasteiger partial charge in [-0.2, -0.15) is 0 Å². The van der Waals surface area contributed by atoms with E-state index in [1.165, 1.54) is 14.2 Å². The molecular weight excluding hydrogens is 388 g/mol. The van der Waals surface area contributed by atoms with Crippen LogP contribution in [0.15, 0.2) is 36.4 Å². The van der Waals surface area contributed by atoms with E-state index in [9.17, 15) is 5.11 Å². The first-order valence-corrected chi connectivity index (χ1v) is 9.40. The zero-order chi connectivity index (χ0) is 21.9. The molecule has 0 aromatic heterocycles. The maximum Gasteiger partial charge on any atom is 0.233 e. The van der Waals surface area contributed by atoms with Gasteiger partial charge in [-0.1, -0.05) is 24.3 Å². The van der Waals surface area contributed by atoms with Crippen molar-refractivity contribution >= 4 is 6.08 Å². The fourth-order valence-corrected chi connectivity index (χ4v) is 4.14. The first-order valence-electron chi connectivity index (χ1n) is 9.40. The van der Waals surface area contributed by atoms with Gasteiger partial charge < -0.3 is 33.5 Å². The molecule has 1 unspecified atom stereocenters. The number of rotatable bonds is 9. The third kappa shape index (κ3) is 3.06. The predicted molar refractivity (Wildman–Crippen MR) is 112 cm³/mol. The van der Waals surface area contributed by atoms with Crippen molar-refractivity contribution < 1.29 is 33.5 Å². The normalized spacial score (nSPS) is 19.3. The lowest BCUT2D eigenvalue weighted by Crippen LogP contribution is -2.60. The fraction of sp³-hybridized carbons (Fsp3) is 0.391. The second-order valence-corrected chi connectivity index (χ2v) is 6.81. The summed E-state index contributed by atoms with van der Waals surface area (Å²) < 4.78 is 33.2. The van der Waals surface area contributed by atoms with Crippen molar-refractivity contribution in [2.45, 2.75) is 18.0 Å². The van der Waals surface area contributed by atoms with Crippen LogP contribution in [0.5, 0.6) is 17.2 Å². The Balaban J connectivity index is 2.19. The molecule has 2 aromatic rings. The van der Waals surface area contributed by atoms with Gasteiger partial charge in [0.25, 0.3) is 0 Å². The van der Waals surface area contributed by atoms with E-state index in [0.29, 0.717) is 35.0 Å². The minimum Gasteiger partial charge on any atom is -0.496 e. The Kier molecular flexibility index (Phi) is 6.38. The second-order valence-electron chi connectivity index (χ2n) is 6.81. The maximum atomic E-state index is 11.7. The van der Waals surface area contributed by atoms with Crippen LogP contribution in [0.4, 0.5) is 0 Å². The quantitative estimate of drug-likeness (QED) is 0.629. The Bertz CT molecular complexity index is 933. The largest absolute Gasteiger partial charge is 0.496 e. The molecule has 1 aliphatic carbocycles. The van der Waals surface area contributed by atoms with Gasteiger partial charge >= 0.3 is 0 Å². The highest BCUT2D eigenvalue weighted by atomic mass is 16.7. The molecule has 0 radical (unpaired) electrons. The molecule has 0 heterocycles. The molecule has 3 rings (SSSR count). The lowest BCUT2D eigenvalue weighted by molar-refractivity contribution is -0.325. The highest BCUT2D eigenvalue weighted by molar-refractivity contribution is 5.69. The van der Waals surface area contributed by atoms with Crippen LogP contribution in [0, 0.1) is 0 Å². The molecule has 30 heavy (non-hydrogen) atoms. The van der Waals surface area contributed by atoms with Crippen molar-refractivity contribution in [1.82, 2.24) is 0 Å². The monoisotopic (exact) mass is 416 g/mol. The molecule has 0 saturated carbocycles.